The van der Waals surface area contributed by atoms with Gasteiger partial charge in [-0.15, -0.1) is 0 Å². The standard InChI is InChI=1S/C27H30F4N4O3/c1-38-16-17-2-4-21-22(26(32)37)14-25(36)35(24(21)12-17)11-10-34-8-6-20(7-9-34)33-15-18-13-19(27(29,30)31)3-5-23(18)28/h2-5,12-14,20,33H,6-11,15-16H2,1H3,(H2,32,37). The van der Waals surface area contributed by atoms with Crippen molar-refractivity contribution in [2.24, 2.45) is 5.73 Å². The van der Waals surface area contributed by atoms with Gasteiger partial charge in [-0.3, -0.25) is 9.59 Å². The lowest BCUT2D eigenvalue weighted by atomic mass is 10.0. The summed E-state index contributed by atoms with van der Waals surface area (Å²) in [4.78, 5) is 27.0. The first-order valence-electron chi connectivity index (χ1n) is 12.3. The summed E-state index contributed by atoms with van der Waals surface area (Å²) in [6, 6.07) is 9.17. The van der Waals surface area contributed by atoms with Gasteiger partial charge in [0.1, 0.15) is 5.82 Å². The third-order valence-corrected chi connectivity index (χ3v) is 6.94. The van der Waals surface area contributed by atoms with Crippen LogP contribution in [0.5, 0.6) is 0 Å². The summed E-state index contributed by atoms with van der Waals surface area (Å²) in [6.07, 6.45) is -3.06. The summed E-state index contributed by atoms with van der Waals surface area (Å²) in [6.45, 7) is 2.79. The number of likely N-dealkylation sites (tertiary alicyclic amines) is 1. The number of benzene rings is 2. The first-order chi connectivity index (χ1) is 18.1. The second-order valence-corrected chi connectivity index (χ2v) is 9.50. The van der Waals surface area contributed by atoms with Gasteiger partial charge in [0.05, 0.1) is 23.3 Å². The van der Waals surface area contributed by atoms with E-state index in [1.807, 2.05) is 12.1 Å². The van der Waals surface area contributed by atoms with Gasteiger partial charge < -0.3 is 25.3 Å². The molecule has 0 atom stereocenters. The van der Waals surface area contributed by atoms with E-state index < -0.39 is 23.5 Å². The molecule has 0 unspecified atom stereocenters. The number of aromatic nitrogens is 1. The summed E-state index contributed by atoms with van der Waals surface area (Å²) in [7, 11) is 1.58. The Morgan fingerprint density at radius 1 is 1.11 bits per heavy atom. The number of alkyl halides is 3. The van der Waals surface area contributed by atoms with Gasteiger partial charge in [-0.25, -0.2) is 4.39 Å². The first kappa shape index (κ1) is 27.7. The molecule has 0 radical (unpaired) electrons. The second-order valence-electron chi connectivity index (χ2n) is 9.50. The zero-order valence-corrected chi connectivity index (χ0v) is 21.0. The Bertz CT molecular complexity index is 1360. The number of nitrogens with one attached hydrogen (secondary N) is 1. The maximum atomic E-state index is 14.0. The molecule has 204 valence electrons. The van der Waals surface area contributed by atoms with Crippen molar-refractivity contribution in [3.8, 4) is 0 Å². The fourth-order valence-electron chi connectivity index (χ4n) is 4.86. The van der Waals surface area contributed by atoms with E-state index >= 15 is 0 Å². The molecule has 1 aliphatic rings. The molecule has 1 fully saturated rings. The van der Waals surface area contributed by atoms with Gasteiger partial charge in [-0.05, 0) is 55.8 Å². The molecule has 0 spiro atoms. The monoisotopic (exact) mass is 534 g/mol. The van der Waals surface area contributed by atoms with E-state index in [0.717, 1.165) is 36.6 Å². The molecule has 2 heterocycles. The van der Waals surface area contributed by atoms with Crippen molar-refractivity contribution in [1.82, 2.24) is 14.8 Å². The van der Waals surface area contributed by atoms with Crippen LogP contribution in [0.15, 0.2) is 47.3 Å². The lowest BCUT2D eigenvalue weighted by Gasteiger charge is -2.32. The molecule has 38 heavy (non-hydrogen) atoms. The molecule has 1 saturated heterocycles. The molecule has 1 aromatic heterocycles. The molecule has 0 bridgehead atoms. The molecule has 3 N–H and O–H groups in total. The number of primary amides is 1. The maximum Gasteiger partial charge on any atom is 0.416 e. The number of ether oxygens (including phenoxy) is 1. The van der Waals surface area contributed by atoms with Crippen molar-refractivity contribution >= 4 is 16.8 Å². The molecule has 1 amide bonds. The maximum absolute atomic E-state index is 14.0. The minimum atomic E-state index is -4.52. The third-order valence-electron chi connectivity index (χ3n) is 6.94. The number of halogens is 4. The average molecular weight is 535 g/mol. The SMILES string of the molecule is COCc1ccc2c(C(N)=O)cc(=O)n(CCN3CCC(NCc4cc(C(F)(F)F)ccc4F)CC3)c2c1. The minimum Gasteiger partial charge on any atom is -0.380 e. The number of pyridine rings is 1. The third kappa shape index (κ3) is 6.40. The lowest BCUT2D eigenvalue weighted by molar-refractivity contribution is -0.137. The number of fused-ring (bicyclic) bond motifs is 1. The first-order valence-corrected chi connectivity index (χ1v) is 12.3. The van der Waals surface area contributed by atoms with Crippen LogP contribution in [0.25, 0.3) is 10.9 Å². The van der Waals surface area contributed by atoms with Crippen molar-refractivity contribution in [3.05, 3.63) is 80.9 Å². The highest BCUT2D eigenvalue weighted by Gasteiger charge is 2.31. The predicted molar refractivity (Wildman–Crippen MR) is 135 cm³/mol. The highest BCUT2D eigenvalue weighted by Crippen LogP contribution is 2.30. The highest BCUT2D eigenvalue weighted by atomic mass is 19.4. The number of nitrogens with zero attached hydrogens (tertiary/aromatic N) is 2. The molecular formula is C27H30F4N4O3. The second kappa shape index (κ2) is 11.6. The number of carbonyl (C=O) groups is 1. The average Bonchev–Trinajstić information content (AvgIpc) is 2.87. The van der Waals surface area contributed by atoms with E-state index in [4.69, 9.17) is 10.5 Å². The topological polar surface area (TPSA) is 89.6 Å². The molecule has 0 aliphatic carbocycles. The van der Waals surface area contributed by atoms with E-state index in [1.54, 1.807) is 17.7 Å². The van der Waals surface area contributed by atoms with Gasteiger partial charge in [0.2, 0.25) is 5.91 Å². The number of carbonyl (C=O) groups excluding carboxylic acids is 1. The Hall–Kier alpha value is -3.28. The van der Waals surface area contributed by atoms with E-state index in [0.29, 0.717) is 43.7 Å². The molecule has 7 nitrogen and oxygen atoms in total. The van der Waals surface area contributed by atoms with Crippen molar-refractivity contribution in [2.45, 2.75) is 44.8 Å². The van der Waals surface area contributed by atoms with Crippen LogP contribution in [0.1, 0.15) is 39.9 Å². The summed E-state index contributed by atoms with van der Waals surface area (Å²) in [5.41, 5.74) is 5.94. The van der Waals surface area contributed by atoms with Gasteiger partial charge in [-0.1, -0.05) is 12.1 Å². The van der Waals surface area contributed by atoms with E-state index in [9.17, 15) is 27.2 Å². The van der Waals surface area contributed by atoms with Crippen molar-refractivity contribution in [2.75, 3.05) is 26.7 Å². The molecule has 11 heteroatoms. The van der Waals surface area contributed by atoms with Crippen LogP contribution in [0.4, 0.5) is 17.6 Å². The smallest absolute Gasteiger partial charge is 0.380 e. The Balaban J connectivity index is 1.38. The van der Waals surface area contributed by atoms with Crippen LogP contribution in [-0.4, -0.2) is 48.2 Å². The van der Waals surface area contributed by atoms with Crippen molar-refractivity contribution in [3.63, 3.8) is 0 Å². The van der Waals surface area contributed by atoms with Crippen LogP contribution in [0, 0.1) is 5.82 Å². The zero-order chi connectivity index (χ0) is 27.4. The minimum absolute atomic E-state index is 0.0117. The van der Waals surface area contributed by atoms with E-state index in [1.165, 1.54) is 6.07 Å². The van der Waals surface area contributed by atoms with Crippen LogP contribution >= 0.6 is 0 Å². The molecule has 4 rings (SSSR count). The highest BCUT2D eigenvalue weighted by molar-refractivity contribution is 6.05. The van der Waals surface area contributed by atoms with Crippen LogP contribution in [-0.2, 0) is 30.6 Å². The summed E-state index contributed by atoms with van der Waals surface area (Å²) in [5.74, 6) is -1.34. The quantitative estimate of drug-likeness (QED) is 0.409. The number of amides is 1. The molecule has 2 aromatic carbocycles. The molecule has 3 aromatic rings. The van der Waals surface area contributed by atoms with Gasteiger partial charge >= 0.3 is 6.18 Å². The summed E-state index contributed by atoms with van der Waals surface area (Å²) >= 11 is 0. The van der Waals surface area contributed by atoms with E-state index in [-0.39, 0.29) is 29.3 Å². The lowest BCUT2D eigenvalue weighted by Crippen LogP contribution is -2.43. The number of methoxy groups -OCH3 is 1. The number of rotatable bonds is 9. The Morgan fingerprint density at radius 3 is 2.50 bits per heavy atom. The summed E-state index contributed by atoms with van der Waals surface area (Å²) < 4.78 is 59.7. The fourth-order valence-corrected chi connectivity index (χ4v) is 4.86. The van der Waals surface area contributed by atoms with Crippen molar-refractivity contribution < 1.29 is 27.1 Å². The Kier molecular flexibility index (Phi) is 8.49. The summed E-state index contributed by atoms with van der Waals surface area (Å²) in [5, 5.41) is 3.77. The number of hydrogen-bond donors (Lipinski definition) is 2. The zero-order valence-electron chi connectivity index (χ0n) is 21.0. The normalized spacial score (nSPS) is 15.3. The number of nitrogens with two attached hydrogens (primary N) is 1. The van der Waals surface area contributed by atoms with Crippen LogP contribution in [0.2, 0.25) is 0 Å². The largest absolute Gasteiger partial charge is 0.416 e. The number of hydrogen-bond acceptors (Lipinski definition) is 5. The Labute approximate surface area is 217 Å². The predicted octanol–water partition coefficient (Wildman–Crippen LogP) is 3.66. The molecular weight excluding hydrogens is 504 g/mol. The fraction of sp³-hybridized carbons (Fsp3) is 0.407. The van der Waals surface area contributed by atoms with Gasteiger partial charge in [0.25, 0.3) is 5.56 Å². The van der Waals surface area contributed by atoms with Crippen LogP contribution in [0.3, 0.4) is 0 Å². The molecule has 1 aliphatic heterocycles. The van der Waals surface area contributed by atoms with Gasteiger partial charge in [0.15, 0.2) is 0 Å². The van der Waals surface area contributed by atoms with Crippen molar-refractivity contribution in [1.29, 1.82) is 0 Å². The number of piperidine rings is 1. The Morgan fingerprint density at radius 2 is 1.84 bits per heavy atom. The van der Waals surface area contributed by atoms with Gasteiger partial charge in [-0.2, -0.15) is 13.2 Å². The van der Waals surface area contributed by atoms with Gasteiger partial charge in [0, 0.05) is 49.8 Å². The molecule has 0 saturated carbocycles. The van der Waals surface area contributed by atoms with Crippen LogP contribution < -0.4 is 16.6 Å². The van der Waals surface area contributed by atoms with E-state index in [2.05, 4.69) is 10.2 Å².